The number of carbonyl (C=O) groups is 1. The smallest absolute Gasteiger partial charge is 0.311 e. The summed E-state index contributed by atoms with van der Waals surface area (Å²) in [5.74, 6) is -0.210. The van der Waals surface area contributed by atoms with Crippen LogP contribution in [-0.2, 0) is 9.53 Å². The Balaban J connectivity index is 4.07. The van der Waals surface area contributed by atoms with Crippen LogP contribution in [-0.4, -0.2) is 23.8 Å². The molecule has 0 bridgehead atoms. The molecule has 0 rings (SSSR count). The monoisotopic (exact) mass is 188 g/mol. The molecule has 1 N–H and O–H groups in total. The summed E-state index contributed by atoms with van der Waals surface area (Å²) in [7, 11) is 0. The van der Waals surface area contributed by atoms with Crippen LogP contribution in [0.5, 0.6) is 0 Å². The van der Waals surface area contributed by atoms with E-state index in [0.29, 0.717) is 0 Å². The van der Waals surface area contributed by atoms with Crippen molar-refractivity contribution < 1.29 is 14.6 Å². The molecule has 0 saturated heterocycles. The van der Waals surface area contributed by atoms with E-state index in [4.69, 9.17) is 9.84 Å². The van der Waals surface area contributed by atoms with Crippen molar-refractivity contribution in [3.8, 4) is 0 Å². The lowest BCUT2D eigenvalue weighted by molar-refractivity contribution is -0.158. The molecule has 0 fully saturated rings. The Kier molecular flexibility index (Phi) is 4.99. The number of ether oxygens (including phenoxy) is 1. The first-order valence-electron chi connectivity index (χ1n) is 4.81. The van der Waals surface area contributed by atoms with Gasteiger partial charge in [-0.05, 0) is 26.7 Å². The zero-order chi connectivity index (χ0) is 10.5. The van der Waals surface area contributed by atoms with Gasteiger partial charge >= 0.3 is 5.97 Å². The van der Waals surface area contributed by atoms with Crippen molar-refractivity contribution >= 4 is 5.97 Å². The number of carbonyl (C=O) groups excluding carboxylic acids is 1. The first-order valence-corrected chi connectivity index (χ1v) is 4.81. The summed E-state index contributed by atoms with van der Waals surface area (Å²) in [5.41, 5.74) is -0.394. The predicted octanol–water partition coefficient (Wildman–Crippen LogP) is 1.74. The predicted molar refractivity (Wildman–Crippen MR) is 51.3 cm³/mol. The molecule has 3 nitrogen and oxygen atoms in total. The lowest BCUT2D eigenvalue weighted by Gasteiger charge is -2.24. The molecule has 0 aromatic heterocycles. The number of rotatable bonds is 5. The highest BCUT2D eigenvalue weighted by Gasteiger charge is 2.30. The van der Waals surface area contributed by atoms with Gasteiger partial charge in [-0.2, -0.15) is 0 Å². The first kappa shape index (κ1) is 12.4. The lowest BCUT2D eigenvalue weighted by atomic mass is 9.85. The summed E-state index contributed by atoms with van der Waals surface area (Å²) in [6.45, 7) is 7.51. The third-order valence-electron chi connectivity index (χ3n) is 2.51. The van der Waals surface area contributed by atoms with Crippen molar-refractivity contribution in [2.75, 3.05) is 6.61 Å². The van der Waals surface area contributed by atoms with E-state index in [9.17, 15) is 4.79 Å². The molecule has 0 radical (unpaired) electrons. The molecule has 0 saturated carbocycles. The van der Waals surface area contributed by atoms with Crippen molar-refractivity contribution in [2.45, 2.75) is 46.6 Å². The lowest BCUT2D eigenvalue weighted by Crippen LogP contribution is -2.30. The molecule has 0 aliphatic heterocycles. The molecule has 78 valence electrons. The van der Waals surface area contributed by atoms with Gasteiger partial charge in [-0.1, -0.05) is 13.8 Å². The third kappa shape index (κ3) is 3.77. The summed E-state index contributed by atoms with van der Waals surface area (Å²) in [4.78, 5) is 11.5. The third-order valence-corrected chi connectivity index (χ3v) is 2.51. The summed E-state index contributed by atoms with van der Waals surface area (Å²) in [6.07, 6.45) is 0.950. The molecular formula is C10H20O3. The van der Waals surface area contributed by atoms with Crippen LogP contribution in [0.1, 0.15) is 40.5 Å². The Morgan fingerprint density at radius 2 is 1.92 bits per heavy atom. The SMILES string of the molecule is CCC(C)(CC)C(=O)OCC(C)O. The van der Waals surface area contributed by atoms with Crippen LogP contribution in [0.4, 0.5) is 0 Å². The van der Waals surface area contributed by atoms with Crippen LogP contribution >= 0.6 is 0 Å². The molecule has 0 aliphatic carbocycles. The van der Waals surface area contributed by atoms with Crippen LogP contribution < -0.4 is 0 Å². The maximum atomic E-state index is 11.5. The molecule has 0 heterocycles. The van der Waals surface area contributed by atoms with E-state index in [2.05, 4.69) is 0 Å². The second kappa shape index (κ2) is 5.22. The first-order chi connectivity index (χ1) is 5.96. The minimum absolute atomic E-state index is 0.0917. The Hall–Kier alpha value is -0.570. The van der Waals surface area contributed by atoms with Crippen molar-refractivity contribution in [1.82, 2.24) is 0 Å². The Bertz CT molecular complexity index is 160. The number of hydrogen-bond donors (Lipinski definition) is 1. The molecule has 13 heavy (non-hydrogen) atoms. The van der Waals surface area contributed by atoms with Gasteiger partial charge in [-0.15, -0.1) is 0 Å². The maximum Gasteiger partial charge on any atom is 0.311 e. The standard InChI is InChI=1S/C10H20O3/c1-5-10(4,6-2)9(12)13-7-8(3)11/h8,11H,5-7H2,1-4H3. The number of esters is 1. The van der Waals surface area contributed by atoms with Crippen LogP contribution in [0, 0.1) is 5.41 Å². The topological polar surface area (TPSA) is 46.5 Å². The van der Waals surface area contributed by atoms with Crippen molar-refractivity contribution in [3.05, 3.63) is 0 Å². The van der Waals surface area contributed by atoms with E-state index in [1.165, 1.54) is 0 Å². The highest BCUT2D eigenvalue weighted by Crippen LogP contribution is 2.26. The van der Waals surface area contributed by atoms with Gasteiger partial charge in [0.25, 0.3) is 0 Å². The highest BCUT2D eigenvalue weighted by molar-refractivity contribution is 5.76. The average Bonchev–Trinajstić information content (AvgIpc) is 2.12. The molecule has 0 aromatic carbocycles. The van der Waals surface area contributed by atoms with E-state index >= 15 is 0 Å². The zero-order valence-corrected chi connectivity index (χ0v) is 8.96. The van der Waals surface area contributed by atoms with Gasteiger partial charge in [0.15, 0.2) is 0 Å². The van der Waals surface area contributed by atoms with E-state index < -0.39 is 11.5 Å². The van der Waals surface area contributed by atoms with E-state index in [-0.39, 0.29) is 12.6 Å². The number of hydrogen-bond acceptors (Lipinski definition) is 3. The molecule has 1 atom stereocenters. The van der Waals surface area contributed by atoms with Gasteiger partial charge in [0.2, 0.25) is 0 Å². The second-order valence-electron chi connectivity index (χ2n) is 3.72. The molecule has 0 aliphatic rings. The fourth-order valence-corrected chi connectivity index (χ4v) is 0.909. The van der Waals surface area contributed by atoms with Gasteiger partial charge in [0, 0.05) is 0 Å². The fourth-order valence-electron chi connectivity index (χ4n) is 0.909. The van der Waals surface area contributed by atoms with Gasteiger partial charge in [0.1, 0.15) is 6.61 Å². The highest BCUT2D eigenvalue weighted by atomic mass is 16.5. The summed E-state index contributed by atoms with van der Waals surface area (Å²) < 4.78 is 4.96. The molecule has 1 unspecified atom stereocenters. The van der Waals surface area contributed by atoms with Gasteiger partial charge in [-0.3, -0.25) is 4.79 Å². The minimum Gasteiger partial charge on any atom is -0.463 e. The van der Waals surface area contributed by atoms with Crippen molar-refractivity contribution in [2.24, 2.45) is 5.41 Å². The molecule has 0 spiro atoms. The zero-order valence-electron chi connectivity index (χ0n) is 8.96. The molecular weight excluding hydrogens is 168 g/mol. The van der Waals surface area contributed by atoms with Crippen LogP contribution in [0.2, 0.25) is 0 Å². The largest absolute Gasteiger partial charge is 0.463 e. The summed E-state index contributed by atoms with van der Waals surface area (Å²) >= 11 is 0. The average molecular weight is 188 g/mol. The summed E-state index contributed by atoms with van der Waals surface area (Å²) in [5, 5.41) is 8.94. The fraction of sp³-hybridized carbons (Fsp3) is 0.900. The Morgan fingerprint density at radius 1 is 1.46 bits per heavy atom. The summed E-state index contributed by atoms with van der Waals surface area (Å²) in [6, 6.07) is 0. The molecule has 3 heteroatoms. The number of aliphatic hydroxyl groups is 1. The van der Waals surface area contributed by atoms with Gasteiger partial charge in [-0.25, -0.2) is 0 Å². The molecule has 0 aromatic rings. The Morgan fingerprint density at radius 3 is 2.23 bits per heavy atom. The van der Waals surface area contributed by atoms with Gasteiger partial charge in [0.05, 0.1) is 11.5 Å². The molecule has 0 amide bonds. The Labute approximate surface area is 80.1 Å². The normalized spacial score (nSPS) is 13.9. The number of aliphatic hydroxyl groups excluding tert-OH is 1. The van der Waals surface area contributed by atoms with E-state index in [1.54, 1.807) is 6.92 Å². The van der Waals surface area contributed by atoms with Crippen LogP contribution in [0.25, 0.3) is 0 Å². The van der Waals surface area contributed by atoms with Crippen molar-refractivity contribution in [1.29, 1.82) is 0 Å². The minimum atomic E-state index is -0.582. The van der Waals surface area contributed by atoms with Gasteiger partial charge < -0.3 is 9.84 Å². The van der Waals surface area contributed by atoms with Crippen molar-refractivity contribution in [3.63, 3.8) is 0 Å². The quantitative estimate of drug-likeness (QED) is 0.668. The maximum absolute atomic E-state index is 11.5. The van der Waals surface area contributed by atoms with E-state index in [0.717, 1.165) is 12.8 Å². The van der Waals surface area contributed by atoms with E-state index in [1.807, 2.05) is 20.8 Å². The second-order valence-corrected chi connectivity index (χ2v) is 3.72. The van der Waals surface area contributed by atoms with Crippen LogP contribution in [0.3, 0.4) is 0 Å². The van der Waals surface area contributed by atoms with Crippen LogP contribution in [0.15, 0.2) is 0 Å².